The van der Waals surface area contributed by atoms with E-state index in [1.807, 2.05) is 81.4 Å². The van der Waals surface area contributed by atoms with Crippen molar-refractivity contribution in [1.82, 2.24) is 4.90 Å². The number of benzene rings is 3. The topological polar surface area (TPSA) is 38.8 Å². The molecule has 1 saturated heterocycles. The summed E-state index contributed by atoms with van der Waals surface area (Å²) in [6, 6.07) is 28.2. The zero-order valence-electron chi connectivity index (χ0n) is 22.1. The summed E-state index contributed by atoms with van der Waals surface area (Å²) < 4.78 is 29.0. The van der Waals surface area contributed by atoms with E-state index in [0.717, 1.165) is 11.1 Å². The fourth-order valence-electron chi connectivity index (χ4n) is 6.67. The van der Waals surface area contributed by atoms with Crippen LogP contribution in [0.3, 0.4) is 0 Å². The molecule has 3 aromatic carbocycles. The minimum atomic E-state index is -1.65. The van der Waals surface area contributed by atoms with E-state index < -0.39 is 22.6 Å². The maximum atomic E-state index is 17.6. The summed E-state index contributed by atoms with van der Waals surface area (Å²) in [5.41, 5.74) is 0.153. The lowest BCUT2D eigenvalue weighted by molar-refractivity contribution is -0.0146. The summed E-state index contributed by atoms with van der Waals surface area (Å²) in [5, 5.41) is 0. The van der Waals surface area contributed by atoms with Crippen molar-refractivity contribution in [3.05, 3.63) is 102 Å². The number of methoxy groups -OCH3 is 1. The lowest BCUT2D eigenvalue weighted by Gasteiger charge is -2.51. The van der Waals surface area contributed by atoms with Crippen LogP contribution in [0.5, 0.6) is 5.75 Å². The molecule has 1 saturated carbocycles. The highest BCUT2D eigenvalue weighted by Gasteiger charge is 2.62. The quantitative estimate of drug-likeness (QED) is 0.382. The van der Waals surface area contributed by atoms with Crippen LogP contribution in [-0.2, 0) is 15.8 Å². The Bertz CT molecular complexity index is 1200. The molecular weight excluding hydrogens is 465 g/mol. The molecule has 5 rings (SSSR count). The van der Waals surface area contributed by atoms with Crippen LogP contribution in [0.4, 0.5) is 9.18 Å². The number of hydrogen-bond acceptors (Lipinski definition) is 3. The summed E-state index contributed by atoms with van der Waals surface area (Å²) in [7, 11) is 1.59. The van der Waals surface area contributed by atoms with E-state index in [2.05, 4.69) is 24.3 Å². The van der Waals surface area contributed by atoms with Crippen molar-refractivity contribution in [3.63, 3.8) is 0 Å². The van der Waals surface area contributed by atoms with E-state index in [9.17, 15) is 4.79 Å². The first-order valence-electron chi connectivity index (χ1n) is 13.1. The molecule has 37 heavy (non-hydrogen) atoms. The van der Waals surface area contributed by atoms with E-state index in [0.29, 0.717) is 30.7 Å². The van der Waals surface area contributed by atoms with E-state index in [4.69, 9.17) is 9.47 Å². The van der Waals surface area contributed by atoms with Gasteiger partial charge in [-0.25, -0.2) is 9.18 Å². The van der Waals surface area contributed by atoms with Crippen molar-refractivity contribution in [1.29, 1.82) is 0 Å². The Hall–Kier alpha value is -3.34. The lowest BCUT2D eigenvalue weighted by Crippen LogP contribution is -2.52. The predicted molar refractivity (Wildman–Crippen MR) is 143 cm³/mol. The number of halogens is 1. The minimum Gasteiger partial charge on any atom is -0.496 e. The van der Waals surface area contributed by atoms with Crippen LogP contribution in [0.15, 0.2) is 84.9 Å². The molecule has 0 unspecified atom stereocenters. The largest absolute Gasteiger partial charge is 0.496 e. The third-order valence-electron chi connectivity index (χ3n) is 8.21. The van der Waals surface area contributed by atoms with Gasteiger partial charge in [-0.15, -0.1) is 0 Å². The van der Waals surface area contributed by atoms with Gasteiger partial charge >= 0.3 is 6.09 Å². The van der Waals surface area contributed by atoms with Crippen molar-refractivity contribution in [3.8, 4) is 5.75 Å². The number of nitrogens with zero attached hydrogens (tertiary/aromatic N) is 1. The lowest BCUT2D eigenvalue weighted by atomic mass is 9.52. The number of carbonyl (C=O) groups excluding carboxylic acids is 1. The van der Waals surface area contributed by atoms with Gasteiger partial charge in [0.15, 0.2) is 0 Å². The number of alkyl halides is 1. The van der Waals surface area contributed by atoms with E-state index in [1.54, 1.807) is 12.0 Å². The smallest absolute Gasteiger partial charge is 0.410 e. The molecule has 3 atom stereocenters. The van der Waals surface area contributed by atoms with Gasteiger partial charge in [-0.3, -0.25) is 0 Å². The average Bonchev–Trinajstić information content (AvgIpc) is 3.37. The zero-order chi connectivity index (χ0) is 26.3. The first kappa shape index (κ1) is 25.3. The highest BCUT2D eigenvalue weighted by Crippen LogP contribution is 2.61. The van der Waals surface area contributed by atoms with E-state index in [-0.39, 0.29) is 18.6 Å². The van der Waals surface area contributed by atoms with Gasteiger partial charge in [-0.05, 0) is 56.7 Å². The Morgan fingerprint density at radius 1 is 0.838 bits per heavy atom. The Kier molecular flexibility index (Phi) is 6.51. The van der Waals surface area contributed by atoms with Gasteiger partial charge in [0.2, 0.25) is 0 Å². The molecule has 0 spiro atoms. The predicted octanol–water partition coefficient (Wildman–Crippen LogP) is 7.12. The summed E-state index contributed by atoms with van der Waals surface area (Å²) in [4.78, 5) is 15.0. The molecule has 1 heterocycles. The molecule has 0 bridgehead atoms. The number of amides is 1. The van der Waals surface area contributed by atoms with Crippen LogP contribution in [0.25, 0.3) is 0 Å². The summed E-state index contributed by atoms with van der Waals surface area (Å²) in [6.45, 7) is 6.29. The minimum absolute atomic E-state index is 0.159. The van der Waals surface area contributed by atoms with Gasteiger partial charge in [0, 0.05) is 30.0 Å². The third kappa shape index (κ3) is 4.39. The van der Waals surface area contributed by atoms with Crippen molar-refractivity contribution >= 4 is 6.09 Å². The molecule has 4 nitrogen and oxygen atoms in total. The van der Waals surface area contributed by atoms with Crippen LogP contribution in [-0.4, -0.2) is 36.8 Å². The van der Waals surface area contributed by atoms with Crippen LogP contribution in [0.2, 0.25) is 0 Å². The first-order valence-corrected chi connectivity index (χ1v) is 13.1. The molecule has 0 N–H and O–H groups in total. The highest BCUT2D eigenvalue weighted by atomic mass is 19.1. The molecule has 3 aromatic rings. The second-order valence-corrected chi connectivity index (χ2v) is 11.4. The number of rotatable bonds is 4. The number of fused-ring (bicyclic) bond motifs is 1. The van der Waals surface area contributed by atoms with E-state index in [1.165, 1.54) is 0 Å². The molecule has 1 aliphatic heterocycles. The summed E-state index contributed by atoms with van der Waals surface area (Å²) in [6.07, 6.45) is 0.540. The molecular formula is C32H36FNO3. The molecule has 2 aliphatic rings. The Labute approximate surface area is 219 Å². The number of carbonyl (C=O) groups is 1. The van der Waals surface area contributed by atoms with Crippen LogP contribution >= 0.6 is 0 Å². The standard InChI is InChI=1S/C32H36FNO3/c1-30(2,3)37-29(35)34-21-26-27(22-34)32(33,25-17-11-12-18-28(25)36-4)20-19-31(26,23-13-7-5-8-14-23)24-15-9-6-10-16-24/h5-18,26-27H,19-22H2,1-4H3/t26-,27+,32+/m0/s1. The van der Waals surface area contributed by atoms with Gasteiger partial charge in [0.05, 0.1) is 7.11 Å². The average molecular weight is 502 g/mol. The highest BCUT2D eigenvalue weighted by molar-refractivity contribution is 5.69. The molecule has 0 radical (unpaired) electrons. The van der Waals surface area contributed by atoms with Gasteiger partial charge in [-0.2, -0.15) is 0 Å². The van der Waals surface area contributed by atoms with Crippen molar-refractivity contribution in [2.45, 2.75) is 50.3 Å². The maximum absolute atomic E-state index is 17.6. The van der Waals surface area contributed by atoms with Gasteiger partial charge in [-0.1, -0.05) is 78.9 Å². The second kappa shape index (κ2) is 9.51. The van der Waals surface area contributed by atoms with Gasteiger partial charge in [0.1, 0.15) is 17.0 Å². The van der Waals surface area contributed by atoms with Crippen molar-refractivity contribution in [2.24, 2.45) is 11.8 Å². The monoisotopic (exact) mass is 501 g/mol. The number of likely N-dealkylation sites (tertiary alicyclic amines) is 1. The Morgan fingerprint density at radius 2 is 1.38 bits per heavy atom. The van der Waals surface area contributed by atoms with Gasteiger partial charge < -0.3 is 14.4 Å². The zero-order valence-corrected chi connectivity index (χ0v) is 22.1. The number of ether oxygens (including phenoxy) is 2. The summed E-state index contributed by atoms with van der Waals surface area (Å²) in [5.74, 6) is -0.0506. The fourth-order valence-corrected chi connectivity index (χ4v) is 6.67. The SMILES string of the molecule is COc1ccccc1[C@]1(F)CCC(c2ccccc2)(c2ccccc2)[C@H]2CN(C(=O)OC(C)(C)C)C[C@H]21. The number of hydrogen-bond donors (Lipinski definition) is 0. The molecule has 1 amide bonds. The molecule has 2 fully saturated rings. The Morgan fingerprint density at radius 3 is 1.95 bits per heavy atom. The fraction of sp³-hybridized carbons (Fsp3) is 0.406. The molecule has 1 aliphatic carbocycles. The molecule has 5 heteroatoms. The van der Waals surface area contributed by atoms with Gasteiger partial charge in [0.25, 0.3) is 0 Å². The van der Waals surface area contributed by atoms with Crippen molar-refractivity contribution in [2.75, 3.05) is 20.2 Å². The van der Waals surface area contributed by atoms with Crippen LogP contribution < -0.4 is 4.74 Å². The van der Waals surface area contributed by atoms with Crippen molar-refractivity contribution < 1.29 is 18.7 Å². The normalized spacial score (nSPS) is 24.8. The third-order valence-corrected chi connectivity index (χ3v) is 8.21. The first-order chi connectivity index (χ1) is 17.7. The second-order valence-electron chi connectivity index (χ2n) is 11.4. The molecule has 194 valence electrons. The number of para-hydroxylation sites is 1. The maximum Gasteiger partial charge on any atom is 0.410 e. The van der Waals surface area contributed by atoms with Crippen LogP contribution in [0.1, 0.15) is 50.3 Å². The van der Waals surface area contributed by atoms with E-state index >= 15 is 4.39 Å². The summed E-state index contributed by atoms with van der Waals surface area (Å²) >= 11 is 0. The Balaban J connectivity index is 1.67. The van der Waals surface area contributed by atoms with Crippen LogP contribution in [0, 0.1) is 11.8 Å². The molecule has 0 aromatic heterocycles.